The van der Waals surface area contributed by atoms with Crippen LogP contribution in [0.25, 0.3) is 0 Å². The molecule has 1 rings (SSSR count). The molecular weight excluding hydrogens is 138 g/mol. The van der Waals surface area contributed by atoms with E-state index in [2.05, 4.69) is 13.2 Å². The van der Waals surface area contributed by atoms with E-state index in [4.69, 9.17) is 0 Å². The summed E-state index contributed by atoms with van der Waals surface area (Å²) in [5, 5.41) is 0. The molecule has 0 aliphatic carbocycles. The molecule has 0 bridgehead atoms. The van der Waals surface area contributed by atoms with Crippen molar-refractivity contribution in [3.8, 4) is 0 Å². The normalized spacial score (nSPS) is 29.5. The molecule has 0 spiro atoms. The number of hydrogen-bond acceptors (Lipinski definition) is 1. The molecule has 1 aliphatic heterocycles. The highest BCUT2D eigenvalue weighted by Gasteiger charge is 2.43. The molecule has 0 radical (unpaired) electrons. The van der Waals surface area contributed by atoms with Crippen molar-refractivity contribution in [3.05, 3.63) is 25.3 Å². The van der Waals surface area contributed by atoms with Crippen LogP contribution in [0.5, 0.6) is 0 Å². The van der Waals surface area contributed by atoms with Crippen LogP contribution >= 0.6 is 0 Å². The van der Waals surface area contributed by atoms with E-state index in [0.29, 0.717) is 13.0 Å². The lowest BCUT2D eigenvalue weighted by Crippen LogP contribution is -2.60. The van der Waals surface area contributed by atoms with Gasteiger partial charge in [-0.25, -0.2) is 0 Å². The summed E-state index contributed by atoms with van der Waals surface area (Å²) in [5.41, 5.74) is -0.120. The Morgan fingerprint density at radius 2 is 2.36 bits per heavy atom. The second-order valence-corrected chi connectivity index (χ2v) is 3.03. The SMILES string of the molecule is C=CCN1C(=O)CC1(C)C=C. The number of likely N-dealkylation sites (tertiary alicyclic amines) is 1. The fraction of sp³-hybridized carbons (Fsp3) is 0.444. The molecular formula is C9H13NO. The van der Waals surface area contributed by atoms with Crippen LogP contribution in [0.1, 0.15) is 13.3 Å². The van der Waals surface area contributed by atoms with Crippen LogP contribution in [-0.4, -0.2) is 22.9 Å². The van der Waals surface area contributed by atoms with Crippen LogP contribution in [0.15, 0.2) is 25.3 Å². The number of carbonyl (C=O) groups excluding carboxylic acids is 1. The second kappa shape index (κ2) is 2.53. The molecule has 1 aliphatic rings. The summed E-state index contributed by atoms with van der Waals surface area (Å²) in [6.45, 7) is 9.91. The van der Waals surface area contributed by atoms with Gasteiger partial charge >= 0.3 is 0 Å². The maximum Gasteiger partial charge on any atom is 0.226 e. The van der Waals surface area contributed by atoms with Crippen molar-refractivity contribution in [2.75, 3.05) is 6.54 Å². The lowest BCUT2D eigenvalue weighted by atomic mass is 9.86. The molecule has 0 saturated carbocycles. The van der Waals surface area contributed by atoms with Crippen molar-refractivity contribution in [2.45, 2.75) is 18.9 Å². The zero-order chi connectivity index (χ0) is 8.48. The summed E-state index contributed by atoms with van der Waals surface area (Å²) in [7, 11) is 0. The summed E-state index contributed by atoms with van der Waals surface area (Å²) >= 11 is 0. The first-order valence-electron chi connectivity index (χ1n) is 3.69. The van der Waals surface area contributed by atoms with Gasteiger partial charge in [-0.1, -0.05) is 12.2 Å². The van der Waals surface area contributed by atoms with Gasteiger partial charge in [0.1, 0.15) is 0 Å². The minimum Gasteiger partial charge on any atom is -0.330 e. The molecule has 2 nitrogen and oxygen atoms in total. The molecule has 60 valence electrons. The van der Waals surface area contributed by atoms with E-state index in [-0.39, 0.29) is 11.4 Å². The smallest absolute Gasteiger partial charge is 0.226 e. The highest BCUT2D eigenvalue weighted by Crippen LogP contribution is 2.31. The Morgan fingerprint density at radius 3 is 2.73 bits per heavy atom. The Balaban J connectivity index is 2.67. The maximum absolute atomic E-state index is 11.0. The van der Waals surface area contributed by atoms with E-state index in [1.807, 2.05) is 13.0 Å². The second-order valence-electron chi connectivity index (χ2n) is 3.03. The van der Waals surface area contributed by atoms with Crippen molar-refractivity contribution < 1.29 is 4.79 Å². The summed E-state index contributed by atoms with van der Waals surface area (Å²) in [6, 6.07) is 0. The Morgan fingerprint density at radius 1 is 1.73 bits per heavy atom. The Labute approximate surface area is 67.2 Å². The molecule has 0 N–H and O–H groups in total. The minimum absolute atomic E-state index is 0.120. The van der Waals surface area contributed by atoms with Gasteiger partial charge in [0, 0.05) is 6.54 Å². The fourth-order valence-corrected chi connectivity index (χ4v) is 1.31. The van der Waals surface area contributed by atoms with Crippen LogP contribution < -0.4 is 0 Å². The van der Waals surface area contributed by atoms with E-state index in [9.17, 15) is 4.79 Å². The maximum atomic E-state index is 11.0. The van der Waals surface area contributed by atoms with Crippen LogP contribution in [0.3, 0.4) is 0 Å². The third kappa shape index (κ3) is 1.09. The van der Waals surface area contributed by atoms with Gasteiger partial charge in [-0.15, -0.1) is 13.2 Å². The Kier molecular flexibility index (Phi) is 1.85. The summed E-state index contributed by atoms with van der Waals surface area (Å²) in [4.78, 5) is 12.8. The minimum atomic E-state index is -0.120. The highest BCUT2D eigenvalue weighted by molar-refractivity contribution is 5.85. The van der Waals surface area contributed by atoms with Crippen molar-refractivity contribution in [2.24, 2.45) is 0 Å². The Bertz CT molecular complexity index is 210. The first-order chi connectivity index (χ1) is 5.14. The molecule has 1 unspecified atom stereocenters. The predicted octanol–water partition coefficient (Wildman–Crippen LogP) is 1.35. The fourth-order valence-electron chi connectivity index (χ4n) is 1.31. The largest absolute Gasteiger partial charge is 0.330 e. The van der Waals surface area contributed by atoms with E-state index in [1.54, 1.807) is 11.0 Å². The molecule has 1 saturated heterocycles. The Hall–Kier alpha value is -1.05. The molecule has 1 atom stereocenters. The predicted molar refractivity (Wildman–Crippen MR) is 45.1 cm³/mol. The highest BCUT2D eigenvalue weighted by atomic mass is 16.2. The van der Waals surface area contributed by atoms with Gasteiger partial charge in [0.25, 0.3) is 0 Å². The summed E-state index contributed by atoms with van der Waals surface area (Å²) in [5.74, 6) is 0.187. The molecule has 0 aromatic heterocycles. The van der Waals surface area contributed by atoms with Crippen molar-refractivity contribution in [3.63, 3.8) is 0 Å². The van der Waals surface area contributed by atoms with Gasteiger partial charge < -0.3 is 4.90 Å². The number of β-lactam (4-membered cyclic amide) rings is 1. The van der Waals surface area contributed by atoms with E-state index < -0.39 is 0 Å². The average molecular weight is 151 g/mol. The third-order valence-corrected chi connectivity index (χ3v) is 2.18. The topological polar surface area (TPSA) is 20.3 Å². The summed E-state index contributed by atoms with van der Waals surface area (Å²) in [6.07, 6.45) is 4.14. The zero-order valence-electron chi connectivity index (χ0n) is 6.84. The number of nitrogens with zero attached hydrogens (tertiary/aromatic N) is 1. The number of amides is 1. The van der Waals surface area contributed by atoms with Crippen molar-refractivity contribution in [1.82, 2.24) is 4.90 Å². The van der Waals surface area contributed by atoms with Crippen LogP contribution in [-0.2, 0) is 4.79 Å². The van der Waals surface area contributed by atoms with Gasteiger partial charge in [0.05, 0.1) is 12.0 Å². The van der Waals surface area contributed by atoms with E-state index in [0.717, 1.165) is 0 Å². The summed E-state index contributed by atoms with van der Waals surface area (Å²) < 4.78 is 0. The van der Waals surface area contributed by atoms with Crippen molar-refractivity contribution >= 4 is 5.91 Å². The standard InChI is InChI=1S/C9H13NO/c1-4-6-10-8(11)7-9(10,3)5-2/h4-5H,1-2,6-7H2,3H3. The van der Waals surface area contributed by atoms with Crippen molar-refractivity contribution in [1.29, 1.82) is 0 Å². The number of carbonyl (C=O) groups is 1. The lowest BCUT2D eigenvalue weighted by molar-refractivity contribution is -0.149. The van der Waals surface area contributed by atoms with E-state index >= 15 is 0 Å². The molecule has 1 amide bonds. The van der Waals surface area contributed by atoms with Gasteiger partial charge in [0.2, 0.25) is 5.91 Å². The zero-order valence-corrected chi connectivity index (χ0v) is 6.84. The van der Waals surface area contributed by atoms with Gasteiger partial charge in [-0.2, -0.15) is 0 Å². The first-order valence-corrected chi connectivity index (χ1v) is 3.69. The van der Waals surface area contributed by atoms with Gasteiger partial charge in [-0.3, -0.25) is 4.79 Å². The number of hydrogen-bond donors (Lipinski definition) is 0. The molecule has 1 fully saturated rings. The number of rotatable bonds is 3. The molecule has 11 heavy (non-hydrogen) atoms. The first kappa shape index (κ1) is 8.05. The van der Waals surface area contributed by atoms with Crippen LogP contribution in [0.4, 0.5) is 0 Å². The quantitative estimate of drug-likeness (QED) is 0.440. The van der Waals surface area contributed by atoms with E-state index in [1.165, 1.54) is 0 Å². The van der Waals surface area contributed by atoms with Crippen LogP contribution in [0.2, 0.25) is 0 Å². The third-order valence-electron chi connectivity index (χ3n) is 2.18. The van der Waals surface area contributed by atoms with Gasteiger partial charge in [0.15, 0.2) is 0 Å². The van der Waals surface area contributed by atoms with Crippen LogP contribution in [0, 0.1) is 0 Å². The average Bonchev–Trinajstić information content (AvgIpc) is 2.00. The molecule has 2 heteroatoms. The molecule has 0 aromatic carbocycles. The lowest BCUT2D eigenvalue weighted by Gasteiger charge is -2.47. The van der Waals surface area contributed by atoms with Gasteiger partial charge in [-0.05, 0) is 6.92 Å². The monoisotopic (exact) mass is 151 g/mol. The molecule has 0 aromatic rings. The molecule has 1 heterocycles.